The van der Waals surface area contributed by atoms with Crippen LogP contribution in [0.2, 0.25) is 0 Å². The highest BCUT2D eigenvalue weighted by Crippen LogP contribution is 2.54. The molecule has 4 heterocycles. The molecule has 12 heteroatoms. The number of halogens is 1. The van der Waals surface area contributed by atoms with Crippen molar-refractivity contribution in [3.63, 3.8) is 0 Å². The van der Waals surface area contributed by atoms with E-state index in [2.05, 4.69) is 15.9 Å². The van der Waals surface area contributed by atoms with E-state index in [0.717, 1.165) is 21.4 Å². The standard InChI is InChI=1S/C27H24BrN3O6S2/c1-36-18-8-2-15(3-9-18)20-21-22(25(34)31(24(21)33)17-6-4-16(28)5-7-17)38-26-23(20)39-27(35)30(26)14-19(32)29-10-12-37-13-11-29/h2-9,20-22H,10-14H2,1H3/t20-,21+,22-/m0/s1. The molecule has 1 aromatic heterocycles. The zero-order chi connectivity index (χ0) is 27.3. The lowest BCUT2D eigenvalue weighted by Crippen LogP contribution is -2.43. The number of carbonyl (C=O) groups is 3. The number of benzene rings is 2. The van der Waals surface area contributed by atoms with E-state index in [1.54, 1.807) is 48.4 Å². The van der Waals surface area contributed by atoms with Crippen molar-refractivity contribution in [3.05, 3.63) is 73.1 Å². The van der Waals surface area contributed by atoms with Crippen LogP contribution in [0.1, 0.15) is 16.4 Å². The lowest BCUT2D eigenvalue weighted by Gasteiger charge is -2.31. The number of nitrogens with zero attached hydrogens (tertiary/aromatic N) is 3. The zero-order valence-corrected chi connectivity index (χ0v) is 24.1. The van der Waals surface area contributed by atoms with E-state index in [4.69, 9.17) is 9.47 Å². The van der Waals surface area contributed by atoms with E-state index in [0.29, 0.717) is 47.6 Å². The van der Waals surface area contributed by atoms with Gasteiger partial charge in [-0.3, -0.25) is 23.7 Å². The van der Waals surface area contributed by atoms with Crippen molar-refractivity contribution in [1.82, 2.24) is 9.47 Å². The highest BCUT2D eigenvalue weighted by Gasteiger charge is 2.56. The molecule has 202 valence electrons. The smallest absolute Gasteiger partial charge is 0.308 e. The summed E-state index contributed by atoms with van der Waals surface area (Å²) in [6.07, 6.45) is 0. The second-order valence-corrected chi connectivity index (χ2v) is 12.5. The third-order valence-corrected chi connectivity index (χ3v) is 10.4. The van der Waals surface area contributed by atoms with Gasteiger partial charge in [0, 0.05) is 28.4 Å². The molecule has 39 heavy (non-hydrogen) atoms. The van der Waals surface area contributed by atoms with Crippen LogP contribution in [0.3, 0.4) is 0 Å². The van der Waals surface area contributed by atoms with E-state index < -0.39 is 17.1 Å². The predicted molar refractivity (Wildman–Crippen MR) is 151 cm³/mol. The van der Waals surface area contributed by atoms with Crippen LogP contribution in [0.15, 0.2) is 62.8 Å². The average molecular weight is 631 g/mol. The number of aromatic nitrogens is 1. The number of carbonyl (C=O) groups excluding carboxylic acids is 3. The summed E-state index contributed by atoms with van der Waals surface area (Å²) >= 11 is 5.66. The maximum Gasteiger partial charge on any atom is 0.308 e. The van der Waals surface area contributed by atoms with Crippen LogP contribution in [0, 0.1) is 5.92 Å². The zero-order valence-electron chi connectivity index (χ0n) is 20.9. The summed E-state index contributed by atoms with van der Waals surface area (Å²) < 4.78 is 13.0. The van der Waals surface area contributed by atoms with Crippen LogP contribution in [0.25, 0.3) is 0 Å². The lowest BCUT2D eigenvalue weighted by atomic mass is 9.83. The van der Waals surface area contributed by atoms with Crippen molar-refractivity contribution in [2.75, 3.05) is 38.3 Å². The maximum atomic E-state index is 13.9. The number of amides is 3. The minimum absolute atomic E-state index is 0.122. The van der Waals surface area contributed by atoms with E-state index in [1.807, 2.05) is 12.1 Å². The van der Waals surface area contributed by atoms with Crippen molar-refractivity contribution >= 4 is 62.4 Å². The molecule has 3 amide bonds. The number of ether oxygens (including phenoxy) is 2. The minimum atomic E-state index is -0.737. The van der Waals surface area contributed by atoms with Crippen LogP contribution in [0.5, 0.6) is 5.75 Å². The van der Waals surface area contributed by atoms with Crippen molar-refractivity contribution in [1.29, 1.82) is 0 Å². The number of hydrogen-bond acceptors (Lipinski definition) is 8. The predicted octanol–water partition coefficient (Wildman–Crippen LogP) is 3.34. The van der Waals surface area contributed by atoms with Gasteiger partial charge >= 0.3 is 4.87 Å². The minimum Gasteiger partial charge on any atom is -0.497 e. The summed E-state index contributed by atoms with van der Waals surface area (Å²) in [4.78, 5) is 57.4. The van der Waals surface area contributed by atoms with Gasteiger partial charge in [0.25, 0.3) is 0 Å². The Balaban J connectivity index is 1.43. The molecule has 0 unspecified atom stereocenters. The molecule has 2 aromatic carbocycles. The van der Waals surface area contributed by atoms with Gasteiger partial charge in [0.05, 0.1) is 37.0 Å². The Morgan fingerprint density at radius 3 is 2.38 bits per heavy atom. The van der Waals surface area contributed by atoms with Crippen LogP contribution >= 0.6 is 39.0 Å². The van der Waals surface area contributed by atoms with Gasteiger partial charge in [-0.05, 0) is 42.0 Å². The Hall–Kier alpha value is -2.93. The molecule has 0 aliphatic carbocycles. The summed E-state index contributed by atoms with van der Waals surface area (Å²) in [6.45, 7) is 1.75. The van der Waals surface area contributed by atoms with Crippen LogP contribution in [0.4, 0.5) is 5.69 Å². The van der Waals surface area contributed by atoms with Gasteiger partial charge in [0.1, 0.15) is 17.5 Å². The van der Waals surface area contributed by atoms with Crippen molar-refractivity contribution in [2.24, 2.45) is 5.92 Å². The highest BCUT2D eigenvalue weighted by molar-refractivity contribution is 9.10. The van der Waals surface area contributed by atoms with Gasteiger partial charge in [-0.15, -0.1) is 0 Å². The molecule has 0 N–H and O–H groups in total. The first-order valence-corrected chi connectivity index (χ1v) is 14.9. The van der Waals surface area contributed by atoms with Crippen molar-refractivity contribution < 1.29 is 23.9 Å². The average Bonchev–Trinajstić information content (AvgIpc) is 3.40. The van der Waals surface area contributed by atoms with Crippen molar-refractivity contribution in [3.8, 4) is 5.75 Å². The molecule has 0 spiro atoms. The molecule has 3 aromatic rings. The van der Waals surface area contributed by atoms with Crippen LogP contribution in [-0.4, -0.2) is 65.9 Å². The normalized spacial score (nSPS) is 22.6. The Bertz CT molecular complexity index is 1500. The number of rotatable bonds is 5. The van der Waals surface area contributed by atoms with Crippen LogP contribution in [-0.2, 0) is 25.7 Å². The van der Waals surface area contributed by atoms with Gasteiger partial charge in [0.2, 0.25) is 17.7 Å². The fourth-order valence-corrected chi connectivity index (χ4v) is 8.36. The van der Waals surface area contributed by atoms with Gasteiger partial charge in [0.15, 0.2) is 0 Å². The number of methoxy groups -OCH3 is 1. The van der Waals surface area contributed by atoms with E-state index in [-0.39, 0.29) is 29.1 Å². The number of morpholine rings is 1. The van der Waals surface area contributed by atoms with E-state index >= 15 is 0 Å². The third-order valence-electron chi connectivity index (χ3n) is 7.27. The highest BCUT2D eigenvalue weighted by atomic mass is 79.9. The largest absolute Gasteiger partial charge is 0.497 e. The number of thioether (sulfide) groups is 1. The molecule has 3 aliphatic rings. The molecule has 0 radical (unpaired) electrons. The molecule has 2 saturated heterocycles. The number of anilines is 1. The Kier molecular flexibility index (Phi) is 7.13. The summed E-state index contributed by atoms with van der Waals surface area (Å²) in [5.74, 6) is -1.36. The first-order chi connectivity index (χ1) is 18.9. The second kappa shape index (κ2) is 10.6. The molecular formula is C27H24BrN3O6S2. The lowest BCUT2D eigenvalue weighted by molar-refractivity contribution is -0.136. The van der Waals surface area contributed by atoms with Gasteiger partial charge < -0.3 is 14.4 Å². The summed E-state index contributed by atoms with van der Waals surface area (Å²) in [7, 11) is 1.58. The molecule has 6 rings (SSSR count). The number of hydrogen-bond donors (Lipinski definition) is 0. The molecule has 2 fully saturated rings. The van der Waals surface area contributed by atoms with Gasteiger partial charge in [-0.1, -0.05) is 51.2 Å². The first-order valence-electron chi connectivity index (χ1n) is 12.4. The molecule has 0 bridgehead atoms. The second-order valence-electron chi connectivity index (χ2n) is 9.42. The summed E-state index contributed by atoms with van der Waals surface area (Å²) in [5, 5.41) is -0.160. The van der Waals surface area contributed by atoms with Gasteiger partial charge in [-0.25, -0.2) is 4.90 Å². The summed E-state index contributed by atoms with van der Waals surface area (Å²) in [6, 6.07) is 14.4. The number of thiazole rings is 1. The SMILES string of the molecule is COc1ccc([C@@H]2c3sc(=O)n(CC(=O)N4CCOCC4)c3S[C@@H]3C(=O)N(c4ccc(Br)cc4)C(=O)[C@H]23)cc1. The Labute approximate surface area is 240 Å². The molecule has 0 saturated carbocycles. The quantitative estimate of drug-likeness (QED) is 0.399. The van der Waals surface area contributed by atoms with Crippen molar-refractivity contribution in [2.45, 2.75) is 22.7 Å². The molecule has 3 aliphatic heterocycles. The maximum absolute atomic E-state index is 13.9. The Morgan fingerprint density at radius 2 is 1.72 bits per heavy atom. The summed E-state index contributed by atoms with van der Waals surface area (Å²) in [5.41, 5.74) is 1.30. The van der Waals surface area contributed by atoms with Crippen LogP contribution < -0.4 is 14.5 Å². The first kappa shape index (κ1) is 26.3. The third kappa shape index (κ3) is 4.62. The fraction of sp³-hybridized carbons (Fsp3) is 0.333. The fourth-order valence-electron chi connectivity index (χ4n) is 5.32. The van der Waals surface area contributed by atoms with Gasteiger partial charge in [-0.2, -0.15) is 0 Å². The number of fused-ring (bicyclic) bond motifs is 2. The molecule has 3 atom stereocenters. The Morgan fingerprint density at radius 1 is 1.03 bits per heavy atom. The number of imide groups is 1. The van der Waals surface area contributed by atoms with E-state index in [9.17, 15) is 19.2 Å². The van der Waals surface area contributed by atoms with E-state index in [1.165, 1.54) is 21.2 Å². The molecular weight excluding hydrogens is 606 g/mol. The monoisotopic (exact) mass is 629 g/mol. The molecule has 9 nitrogen and oxygen atoms in total. The topological polar surface area (TPSA) is 98.2 Å².